The van der Waals surface area contributed by atoms with Gasteiger partial charge in [-0.3, -0.25) is 14.4 Å². The molecule has 2 N–H and O–H groups in total. The third kappa shape index (κ3) is 5.88. The molecule has 1 atom stereocenters. The second-order valence-corrected chi connectivity index (χ2v) is 14.4. The van der Waals surface area contributed by atoms with Gasteiger partial charge < -0.3 is 23.8 Å². The number of amides is 1. The van der Waals surface area contributed by atoms with E-state index in [2.05, 4.69) is 14.9 Å². The highest BCUT2D eigenvalue weighted by Gasteiger charge is 2.32. The number of rotatable bonds is 8. The van der Waals surface area contributed by atoms with E-state index in [0.717, 1.165) is 13.1 Å². The predicted molar refractivity (Wildman–Crippen MR) is 189 cm³/mol. The third-order valence-electron chi connectivity index (χ3n) is 9.31. The van der Waals surface area contributed by atoms with E-state index in [1.165, 1.54) is 50.4 Å². The predicted octanol–water partition coefficient (Wildman–Crippen LogP) is 6.41. The molecule has 2 aliphatic heterocycles. The van der Waals surface area contributed by atoms with Crippen LogP contribution in [0.3, 0.4) is 0 Å². The number of sulfonamides is 1. The lowest BCUT2D eigenvalue weighted by molar-refractivity contribution is 0.00441. The number of hydrogen-bond acceptors (Lipinski definition) is 8. The van der Waals surface area contributed by atoms with Gasteiger partial charge in [0.1, 0.15) is 34.4 Å². The molecule has 14 heteroatoms. The summed E-state index contributed by atoms with van der Waals surface area (Å²) in [4.78, 5) is 20.6. The number of hydrogen-bond donors (Lipinski definition) is 2. The summed E-state index contributed by atoms with van der Waals surface area (Å²) in [6.07, 6.45) is -0.480. The van der Waals surface area contributed by atoms with Gasteiger partial charge >= 0.3 is 0 Å². The molecule has 5 heterocycles. The average Bonchev–Trinajstić information content (AvgIpc) is 3.72. The SMILES string of the molecule is CCS(=O)(=O)Nc1cc2oc(-c3ccc(F)cc3)c(C(=O)NC)c2cc1-c1ccc2c(n1)-c1cc3c(F)cccc3n1C(CN1CCOCC1)O2. The lowest BCUT2D eigenvalue weighted by Crippen LogP contribution is -2.41. The first-order valence-corrected chi connectivity index (χ1v) is 18.2. The fourth-order valence-electron chi connectivity index (χ4n) is 6.74. The Morgan fingerprint density at radius 1 is 1.00 bits per heavy atom. The fourth-order valence-corrected chi connectivity index (χ4v) is 7.39. The molecular formula is C37H33F2N5O6S. The molecule has 1 amide bonds. The number of morpholine rings is 1. The van der Waals surface area contributed by atoms with Crippen LogP contribution in [0.2, 0.25) is 0 Å². The highest BCUT2D eigenvalue weighted by Crippen LogP contribution is 2.45. The molecular weight excluding hydrogens is 680 g/mol. The Balaban J connectivity index is 1.32. The summed E-state index contributed by atoms with van der Waals surface area (Å²) in [5.41, 5.74) is 3.51. The lowest BCUT2D eigenvalue weighted by atomic mass is 10.0. The van der Waals surface area contributed by atoms with Crippen LogP contribution < -0.4 is 14.8 Å². The maximum Gasteiger partial charge on any atom is 0.255 e. The van der Waals surface area contributed by atoms with Gasteiger partial charge in [0.25, 0.3) is 5.91 Å². The highest BCUT2D eigenvalue weighted by atomic mass is 32.2. The number of nitrogens with one attached hydrogen (secondary N) is 2. The summed E-state index contributed by atoms with van der Waals surface area (Å²) >= 11 is 0. The lowest BCUT2D eigenvalue weighted by Gasteiger charge is -2.35. The molecule has 1 saturated heterocycles. The highest BCUT2D eigenvalue weighted by molar-refractivity contribution is 7.92. The summed E-state index contributed by atoms with van der Waals surface area (Å²) in [6.45, 7) is 4.75. The first-order chi connectivity index (χ1) is 24.6. The van der Waals surface area contributed by atoms with Gasteiger partial charge in [-0.15, -0.1) is 0 Å². The number of nitrogens with zero attached hydrogens (tertiary/aromatic N) is 3. The van der Waals surface area contributed by atoms with E-state index < -0.39 is 28.0 Å². The molecule has 51 heavy (non-hydrogen) atoms. The molecule has 1 unspecified atom stereocenters. The van der Waals surface area contributed by atoms with E-state index in [9.17, 15) is 17.6 Å². The van der Waals surface area contributed by atoms with Gasteiger partial charge in [0, 0.05) is 48.1 Å². The van der Waals surface area contributed by atoms with E-state index >= 15 is 4.39 Å². The molecule has 11 nitrogen and oxygen atoms in total. The van der Waals surface area contributed by atoms with Crippen LogP contribution in [0, 0.1) is 11.6 Å². The van der Waals surface area contributed by atoms with Crippen molar-refractivity contribution in [1.29, 1.82) is 0 Å². The van der Waals surface area contributed by atoms with Gasteiger partial charge in [-0.25, -0.2) is 22.2 Å². The Hall–Kier alpha value is -5.31. The number of carbonyl (C=O) groups is 1. The normalized spacial score (nSPS) is 16.1. The van der Waals surface area contributed by atoms with Gasteiger partial charge in [-0.2, -0.15) is 0 Å². The van der Waals surface area contributed by atoms with Crippen molar-refractivity contribution in [1.82, 2.24) is 19.8 Å². The Kier molecular flexibility index (Phi) is 8.24. The number of aromatic nitrogens is 2. The minimum absolute atomic E-state index is 0.174. The summed E-state index contributed by atoms with van der Waals surface area (Å²) in [5, 5.41) is 3.45. The number of carbonyl (C=O) groups excluding carboxylic acids is 1. The number of furan rings is 1. The van der Waals surface area contributed by atoms with Crippen molar-refractivity contribution in [3.63, 3.8) is 0 Å². The Bertz CT molecular complexity index is 2440. The summed E-state index contributed by atoms with van der Waals surface area (Å²) in [7, 11) is -2.30. The molecule has 0 aliphatic carbocycles. The zero-order valence-electron chi connectivity index (χ0n) is 27.7. The maximum absolute atomic E-state index is 15.2. The van der Waals surface area contributed by atoms with Crippen molar-refractivity contribution in [3.8, 4) is 39.7 Å². The van der Waals surface area contributed by atoms with E-state index in [1.807, 2.05) is 10.6 Å². The second-order valence-electron chi connectivity index (χ2n) is 12.4. The maximum atomic E-state index is 15.2. The van der Waals surface area contributed by atoms with Crippen LogP contribution in [-0.4, -0.2) is 74.4 Å². The number of ether oxygens (including phenoxy) is 2. The Morgan fingerprint density at radius 2 is 1.78 bits per heavy atom. The van der Waals surface area contributed by atoms with Crippen molar-refractivity contribution in [2.45, 2.75) is 13.2 Å². The topological polar surface area (TPSA) is 128 Å². The summed E-state index contributed by atoms with van der Waals surface area (Å²) < 4.78 is 77.8. The minimum Gasteiger partial charge on any atom is -0.466 e. The van der Waals surface area contributed by atoms with Crippen LogP contribution in [0.5, 0.6) is 5.75 Å². The van der Waals surface area contributed by atoms with Gasteiger partial charge in [0.2, 0.25) is 10.0 Å². The molecule has 0 bridgehead atoms. The molecule has 2 aliphatic rings. The smallest absolute Gasteiger partial charge is 0.255 e. The monoisotopic (exact) mass is 713 g/mol. The first kappa shape index (κ1) is 32.9. The molecule has 0 saturated carbocycles. The molecule has 3 aromatic carbocycles. The quantitative estimate of drug-likeness (QED) is 0.185. The van der Waals surface area contributed by atoms with Gasteiger partial charge in [-0.1, -0.05) is 6.07 Å². The Labute approximate surface area is 291 Å². The Morgan fingerprint density at radius 3 is 2.53 bits per heavy atom. The van der Waals surface area contributed by atoms with Crippen LogP contribution in [0.15, 0.2) is 77.2 Å². The summed E-state index contributed by atoms with van der Waals surface area (Å²) in [6, 6.07) is 18.8. The molecule has 8 rings (SSSR count). The summed E-state index contributed by atoms with van der Waals surface area (Å²) in [5.74, 6) is -0.808. The minimum atomic E-state index is -3.79. The molecule has 0 radical (unpaired) electrons. The van der Waals surface area contributed by atoms with Gasteiger partial charge in [0.15, 0.2) is 6.23 Å². The fraction of sp³-hybridized carbons (Fsp3) is 0.243. The molecule has 6 aromatic rings. The van der Waals surface area contributed by atoms with E-state index in [1.54, 1.807) is 30.3 Å². The van der Waals surface area contributed by atoms with E-state index in [-0.39, 0.29) is 34.2 Å². The van der Waals surface area contributed by atoms with Crippen LogP contribution in [0.1, 0.15) is 23.5 Å². The third-order valence-corrected chi connectivity index (χ3v) is 10.6. The number of benzene rings is 3. The van der Waals surface area contributed by atoms with Crippen LogP contribution >= 0.6 is 0 Å². The molecule has 1 fully saturated rings. The standard InChI is InChI=1S/C37H33F2N5O6S/c1-3-51(46,47)42-28-19-32-25(34(37(45)40-2)36(50-32)21-7-9-22(38)10-8-21)17-24(28)27-11-12-31-35(41-27)30-18-23-26(39)5-4-6-29(23)44(30)33(49-31)20-43-13-15-48-16-14-43/h4-12,17-19,33,42H,3,13-16,20H2,1-2H3,(H,40,45). The van der Waals surface area contributed by atoms with Crippen LogP contribution in [0.25, 0.3) is 55.8 Å². The van der Waals surface area contributed by atoms with Gasteiger partial charge in [-0.05, 0) is 67.6 Å². The average molecular weight is 714 g/mol. The number of halogens is 2. The van der Waals surface area contributed by atoms with Crippen molar-refractivity contribution in [3.05, 3.63) is 90.0 Å². The van der Waals surface area contributed by atoms with Crippen molar-refractivity contribution < 1.29 is 35.9 Å². The molecule has 0 spiro atoms. The second kappa shape index (κ2) is 12.8. The molecule has 262 valence electrons. The number of pyridine rings is 1. The van der Waals surface area contributed by atoms with E-state index in [4.69, 9.17) is 18.9 Å². The molecule has 3 aromatic heterocycles. The number of anilines is 1. The van der Waals surface area contributed by atoms with Gasteiger partial charge in [0.05, 0.1) is 53.7 Å². The van der Waals surface area contributed by atoms with E-state index in [0.29, 0.717) is 70.0 Å². The zero-order chi connectivity index (χ0) is 35.4. The van der Waals surface area contributed by atoms with Crippen LogP contribution in [-0.2, 0) is 14.8 Å². The van der Waals surface area contributed by atoms with Crippen molar-refractivity contribution in [2.75, 3.05) is 50.4 Å². The first-order valence-electron chi connectivity index (χ1n) is 16.5. The van der Waals surface area contributed by atoms with Crippen LogP contribution in [0.4, 0.5) is 14.5 Å². The number of fused-ring (bicyclic) bond motifs is 6. The van der Waals surface area contributed by atoms with Crippen molar-refractivity contribution >= 4 is 43.5 Å². The largest absolute Gasteiger partial charge is 0.466 e. The van der Waals surface area contributed by atoms with Crippen molar-refractivity contribution in [2.24, 2.45) is 0 Å². The zero-order valence-corrected chi connectivity index (χ0v) is 28.5.